The van der Waals surface area contributed by atoms with Crippen LogP contribution < -0.4 is 0 Å². The lowest BCUT2D eigenvalue weighted by Crippen LogP contribution is -1.74. The maximum Gasteiger partial charge on any atom is 0.0223 e. The summed E-state index contributed by atoms with van der Waals surface area (Å²) in [4.78, 5) is 0. The fraction of sp³-hybridized carbons (Fsp3) is 1.00. The van der Waals surface area contributed by atoms with Crippen LogP contribution in [0.2, 0.25) is 0 Å². The minimum absolute atomic E-state index is 0.797. The van der Waals surface area contributed by atoms with Gasteiger partial charge in [0.05, 0.1) is 0 Å². The highest BCUT2D eigenvalue weighted by atomic mass is 79.9. The normalized spacial score (nSPS) is 9.00. The van der Waals surface area contributed by atoms with Crippen LogP contribution in [0.4, 0.5) is 0 Å². The summed E-state index contributed by atoms with van der Waals surface area (Å²) < 4.78 is 0. The lowest BCUT2D eigenvalue weighted by atomic mass is 10.4. The zero-order valence-corrected chi connectivity index (χ0v) is 11.9. The van der Waals surface area contributed by atoms with Gasteiger partial charge in [0.2, 0.25) is 0 Å². The highest BCUT2D eigenvalue weighted by Crippen LogP contribution is 1.94. The molecule has 0 aromatic rings. The zero-order chi connectivity index (χ0) is 9.66. The van der Waals surface area contributed by atoms with E-state index >= 15 is 0 Å². The van der Waals surface area contributed by atoms with E-state index in [-0.39, 0.29) is 0 Å². The molecule has 0 radical (unpaired) electrons. The standard InChI is InChI=1S/2C4H8BrCl/c2*5-3-1-2-4-6/h2*1-4H2. The fourth-order valence-electron chi connectivity index (χ4n) is 0.378. The second-order valence-corrected chi connectivity index (χ2v) is 4.51. The van der Waals surface area contributed by atoms with Crippen LogP contribution in [0.5, 0.6) is 0 Å². The Hall–Kier alpha value is 1.54. The van der Waals surface area contributed by atoms with Crippen molar-refractivity contribution < 1.29 is 0 Å². The third-order valence-corrected chi connectivity index (χ3v) is 2.69. The molecule has 4 heteroatoms. The Morgan fingerprint density at radius 2 is 1.00 bits per heavy atom. The first kappa shape index (κ1) is 16.0. The second kappa shape index (κ2) is 18.3. The van der Waals surface area contributed by atoms with E-state index in [4.69, 9.17) is 23.2 Å². The van der Waals surface area contributed by atoms with Crippen molar-refractivity contribution in [2.75, 3.05) is 22.4 Å². The molecule has 0 rings (SSSR count). The van der Waals surface area contributed by atoms with Crippen LogP contribution in [0, 0.1) is 0 Å². The van der Waals surface area contributed by atoms with Crippen LogP contribution in [0.3, 0.4) is 0 Å². The van der Waals surface area contributed by atoms with Crippen LogP contribution in [-0.2, 0) is 0 Å². The molecule has 0 bridgehead atoms. The van der Waals surface area contributed by atoms with Gasteiger partial charge in [-0.15, -0.1) is 23.2 Å². The van der Waals surface area contributed by atoms with Crippen molar-refractivity contribution in [2.45, 2.75) is 25.7 Å². The molecule has 0 heterocycles. The summed E-state index contributed by atoms with van der Waals surface area (Å²) in [5.74, 6) is 1.59. The number of alkyl halides is 4. The van der Waals surface area contributed by atoms with Crippen molar-refractivity contribution in [2.24, 2.45) is 0 Å². The lowest BCUT2D eigenvalue weighted by molar-refractivity contribution is 0.909. The molecule has 0 aliphatic carbocycles. The summed E-state index contributed by atoms with van der Waals surface area (Å²) in [6, 6.07) is 0. The van der Waals surface area contributed by atoms with Gasteiger partial charge in [-0.25, -0.2) is 0 Å². The minimum Gasteiger partial charge on any atom is -0.127 e. The van der Waals surface area contributed by atoms with E-state index in [2.05, 4.69) is 31.9 Å². The molecular formula is C8H16Br2Cl2. The molecule has 0 aromatic carbocycles. The molecule has 76 valence electrons. The van der Waals surface area contributed by atoms with Gasteiger partial charge in [-0.2, -0.15) is 0 Å². The predicted molar refractivity (Wildman–Crippen MR) is 67.5 cm³/mol. The quantitative estimate of drug-likeness (QED) is 0.480. The summed E-state index contributed by atoms with van der Waals surface area (Å²) >= 11 is 17.3. The largest absolute Gasteiger partial charge is 0.127 e. The second-order valence-electron chi connectivity index (χ2n) is 2.17. The van der Waals surface area contributed by atoms with E-state index in [1.165, 1.54) is 12.8 Å². The lowest BCUT2D eigenvalue weighted by Gasteiger charge is -1.83. The molecule has 0 spiro atoms. The van der Waals surface area contributed by atoms with Crippen LogP contribution in [0.25, 0.3) is 0 Å². The van der Waals surface area contributed by atoms with E-state index in [1.54, 1.807) is 0 Å². The maximum absolute atomic E-state index is 5.36. The van der Waals surface area contributed by atoms with Gasteiger partial charge in [-0.1, -0.05) is 31.9 Å². The molecule has 12 heavy (non-hydrogen) atoms. The topological polar surface area (TPSA) is 0 Å². The maximum atomic E-state index is 5.36. The van der Waals surface area contributed by atoms with E-state index in [9.17, 15) is 0 Å². The predicted octanol–water partition coefficient (Wildman–Crippen LogP) is 4.80. The van der Waals surface area contributed by atoms with Crippen LogP contribution in [-0.4, -0.2) is 22.4 Å². The Labute approximate surface area is 103 Å². The van der Waals surface area contributed by atoms with E-state index < -0.39 is 0 Å². The summed E-state index contributed by atoms with van der Waals surface area (Å²) in [6.45, 7) is 0. The highest BCUT2D eigenvalue weighted by Gasteiger charge is 1.78. The molecule has 0 atom stereocenters. The van der Waals surface area contributed by atoms with Crippen molar-refractivity contribution in [1.82, 2.24) is 0 Å². The van der Waals surface area contributed by atoms with Gasteiger partial charge in [-0.05, 0) is 25.7 Å². The molecule has 0 fully saturated rings. The van der Waals surface area contributed by atoms with E-state index in [0.29, 0.717) is 0 Å². The number of hydrogen-bond donors (Lipinski definition) is 0. The third-order valence-electron chi connectivity index (χ3n) is 1.03. The molecule has 0 aromatic heterocycles. The Bertz CT molecular complexity index is 47.0. The van der Waals surface area contributed by atoms with Crippen molar-refractivity contribution in [3.63, 3.8) is 0 Å². The molecule has 0 aliphatic heterocycles. The van der Waals surface area contributed by atoms with Gasteiger partial charge in [0.15, 0.2) is 0 Å². The van der Waals surface area contributed by atoms with Crippen molar-refractivity contribution in [3.8, 4) is 0 Å². The van der Waals surface area contributed by atoms with Crippen LogP contribution in [0.15, 0.2) is 0 Å². The first-order valence-electron chi connectivity index (χ1n) is 4.07. The van der Waals surface area contributed by atoms with Crippen molar-refractivity contribution in [3.05, 3.63) is 0 Å². The highest BCUT2D eigenvalue weighted by molar-refractivity contribution is 9.09. The third kappa shape index (κ3) is 22.5. The molecule has 0 saturated heterocycles. The van der Waals surface area contributed by atoms with Gasteiger partial charge in [0.25, 0.3) is 0 Å². The molecule has 0 saturated carbocycles. The van der Waals surface area contributed by atoms with Gasteiger partial charge in [-0.3, -0.25) is 0 Å². The summed E-state index contributed by atoms with van der Waals surface area (Å²) in [7, 11) is 0. The number of hydrogen-bond acceptors (Lipinski definition) is 0. The SMILES string of the molecule is ClCCCCBr.ClCCCCBr. The Morgan fingerprint density at radius 1 is 0.667 bits per heavy atom. The molecule has 0 nitrogen and oxygen atoms in total. The van der Waals surface area contributed by atoms with Gasteiger partial charge < -0.3 is 0 Å². The Balaban J connectivity index is 0. The average molecular weight is 343 g/mol. The van der Waals surface area contributed by atoms with Gasteiger partial charge in [0, 0.05) is 22.4 Å². The molecule has 0 amide bonds. The van der Waals surface area contributed by atoms with E-state index in [1.807, 2.05) is 0 Å². The number of rotatable bonds is 6. The smallest absolute Gasteiger partial charge is 0.0223 e. The summed E-state index contributed by atoms with van der Waals surface area (Å²) in [6.07, 6.45) is 4.66. The zero-order valence-electron chi connectivity index (χ0n) is 7.17. The number of unbranched alkanes of at least 4 members (excludes halogenated alkanes) is 2. The average Bonchev–Trinajstić information content (AvgIpc) is 2.12. The minimum atomic E-state index is 0.797. The summed E-state index contributed by atoms with van der Waals surface area (Å²) in [5.41, 5.74) is 0. The van der Waals surface area contributed by atoms with E-state index in [0.717, 1.165) is 35.3 Å². The summed E-state index contributed by atoms with van der Waals surface area (Å²) in [5, 5.41) is 2.17. The van der Waals surface area contributed by atoms with Gasteiger partial charge >= 0.3 is 0 Å². The van der Waals surface area contributed by atoms with Crippen molar-refractivity contribution in [1.29, 1.82) is 0 Å². The molecule has 0 unspecified atom stereocenters. The first-order valence-corrected chi connectivity index (χ1v) is 7.38. The van der Waals surface area contributed by atoms with Crippen LogP contribution >= 0.6 is 55.1 Å². The monoisotopic (exact) mass is 340 g/mol. The molecular weight excluding hydrogens is 327 g/mol. The Kier molecular flexibility index (Phi) is 24.4. The van der Waals surface area contributed by atoms with Crippen LogP contribution in [0.1, 0.15) is 25.7 Å². The van der Waals surface area contributed by atoms with Gasteiger partial charge in [0.1, 0.15) is 0 Å². The van der Waals surface area contributed by atoms with Crippen molar-refractivity contribution >= 4 is 55.1 Å². The fourth-order valence-corrected chi connectivity index (χ4v) is 1.55. The molecule has 0 N–H and O–H groups in total. The Morgan fingerprint density at radius 3 is 1.08 bits per heavy atom. The first-order chi connectivity index (χ1) is 5.83. The molecule has 0 aliphatic rings. The number of halogens is 4.